The Morgan fingerprint density at radius 1 is 1.21 bits per heavy atom. The van der Waals surface area contributed by atoms with Gasteiger partial charge in [-0.05, 0) is 57.8 Å². The highest BCUT2D eigenvalue weighted by molar-refractivity contribution is 5.23. The average molecular weight is 268 g/mol. The van der Waals surface area contributed by atoms with Crippen LogP contribution in [0.15, 0.2) is 18.2 Å². The van der Waals surface area contributed by atoms with Crippen LogP contribution in [0.4, 0.5) is 8.78 Å². The average Bonchev–Trinajstić information content (AvgIpc) is 2.42. The summed E-state index contributed by atoms with van der Waals surface area (Å²) in [5.41, 5.74) is 0. The third-order valence-corrected chi connectivity index (χ3v) is 3.38. The maximum Gasteiger partial charge on any atom is 0.162 e. The smallest absolute Gasteiger partial charge is 0.162 e. The Morgan fingerprint density at radius 3 is 2.63 bits per heavy atom. The molecule has 1 aromatic carbocycles. The Morgan fingerprint density at radius 2 is 1.95 bits per heavy atom. The van der Waals surface area contributed by atoms with Gasteiger partial charge in [0, 0.05) is 12.6 Å². The molecule has 0 bridgehead atoms. The molecule has 1 aliphatic rings. The van der Waals surface area contributed by atoms with Crippen molar-refractivity contribution in [1.82, 2.24) is 4.90 Å². The first-order chi connectivity index (χ1) is 9.15. The standard InChI is InChI=1S/C15H20F2NO/c1-12(7-10-18-8-3-2-4-9-18)19-13-5-6-14(16)15(17)11-13/h2,5-6,11-12H,3-4,7-10H2,1H3. The summed E-state index contributed by atoms with van der Waals surface area (Å²) in [6, 6.07) is 3.66. The molecule has 4 heteroatoms. The highest BCUT2D eigenvalue weighted by Crippen LogP contribution is 2.18. The van der Waals surface area contributed by atoms with Crippen LogP contribution in [0.25, 0.3) is 0 Å². The van der Waals surface area contributed by atoms with Crippen LogP contribution >= 0.6 is 0 Å². The van der Waals surface area contributed by atoms with E-state index in [-0.39, 0.29) is 6.10 Å². The highest BCUT2D eigenvalue weighted by Gasteiger charge is 2.13. The zero-order valence-electron chi connectivity index (χ0n) is 11.2. The molecule has 1 fully saturated rings. The lowest BCUT2D eigenvalue weighted by Crippen LogP contribution is -2.33. The zero-order valence-corrected chi connectivity index (χ0v) is 11.2. The first kappa shape index (κ1) is 14.3. The molecule has 1 atom stereocenters. The number of hydrogen-bond acceptors (Lipinski definition) is 2. The van der Waals surface area contributed by atoms with Crippen LogP contribution in [0, 0.1) is 18.1 Å². The van der Waals surface area contributed by atoms with Crippen molar-refractivity contribution in [2.45, 2.75) is 32.3 Å². The molecule has 0 N–H and O–H groups in total. The van der Waals surface area contributed by atoms with Gasteiger partial charge in [-0.3, -0.25) is 0 Å². The Kier molecular flexibility index (Phi) is 5.14. The van der Waals surface area contributed by atoms with Crippen LogP contribution in [0.2, 0.25) is 0 Å². The molecular formula is C15H20F2NO. The molecule has 0 spiro atoms. The number of hydrogen-bond donors (Lipinski definition) is 0. The Balaban J connectivity index is 1.76. The first-order valence-corrected chi connectivity index (χ1v) is 6.81. The van der Waals surface area contributed by atoms with Gasteiger partial charge in [-0.2, -0.15) is 0 Å². The van der Waals surface area contributed by atoms with Crippen LogP contribution < -0.4 is 4.74 Å². The minimum atomic E-state index is -0.865. The fraction of sp³-hybridized carbons (Fsp3) is 0.533. The molecule has 2 nitrogen and oxygen atoms in total. The third-order valence-electron chi connectivity index (χ3n) is 3.38. The predicted octanol–water partition coefficient (Wildman–Crippen LogP) is 3.42. The fourth-order valence-electron chi connectivity index (χ4n) is 2.23. The Labute approximate surface area is 113 Å². The van der Waals surface area contributed by atoms with Crippen molar-refractivity contribution >= 4 is 0 Å². The normalized spacial score (nSPS) is 18.3. The van der Waals surface area contributed by atoms with Crippen molar-refractivity contribution in [3.05, 3.63) is 36.3 Å². The molecule has 105 valence electrons. The minimum absolute atomic E-state index is 0.00392. The maximum absolute atomic E-state index is 13.0. The molecule has 19 heavy (non-hydrogen) atoms. The van der Waals surface area contributed by atoms with Crippen LogP contribution in [-0.2, 0) is 0 Å². The Bertz CT molecular complexity index is 405. The molecule has 1 aliphatic heterocycles. The second kappa shape index (κ2) is 6.85. The summed E-state index contributed by atoms with van der Waals surface area (Å²) >= 11 is 0. The minimum Gasteiger partial charge on any atom is -0.491 e. The molecule has 0 amide bonds. The van der Waals surface area contributed by atoms with Gasteiger partial charge in [0.2, 0.25) is 0 Å². The number of likely N-dealkylation sites (tertiary alicyclic amines) is 1. The SMILES string of the molecule is CC(CCN1CC[CH]CC1)Oc1ccc(F)c(F)c1. The molecular weight excluding hydrogens is 248 g/mol. The number of benzene rings is 1. The Hall–Kier alpha value is -1.16. The van der Waals surface area contributed by atoms with E-state index in [0.29, 0.717) is 5.75 Å². The second-order valence-corrected chi connectivity index (χ2v) is 5.00. The molecule has 1 saturated heterocycles. The highest BCUT2D eigenvalue weighted by atomic mass is 19.2. The quantitative estimate of drug-likeness (QED) is 0.811. The molecule has 0 saturated carbocycles. The number of nitrogens with zero attached hydrogens (tertiary/aromatic N) is 1. The van der Waals surface area contributed by atoms with Crippen molar-refractivity contribution in [2.24, 2.45) is 0 Å². The van der Waals surface area contributed by atoms with Crippen LogP contribution in [-0.4, -0.2) is 30.6 Å². The van der Waals surface area contributed by atoms with E-state index in [1.54, 1.807) is 0 Å². The molecule has 0 aliphatic carbocycles. The van der Waals surface area contributed by atoms with Gasteiger partial charge in [0.15, 0.2) is 11.6 Å². The number of rotatable bonds is 5. The van der Waals surface area contributed by atoms with Crippen LogP contribution in [0.1, 0.15) is 26.2 Å². The molecule has 1 aromatic rings. The van der Waals surface area contributed by atoms with E-state index in [1.807, 2.05) is 6.92 Å². The van der Waals surface area contributed by atoms with Crippen molar-refractivity contribution in [3.8, 4) is 5.75 Å². The van der Waals surface area contributed by atoms with E-state index >= 15 is 0 Å². The van der Waals surface area contributed by atoms with Gasteiger partial charge in [-0.15, -0.1) is 0 Å². The van der Waals surface area contributed by atoms with Crippen molar-refractivity contribution in [3.63, 3.8) is 0 Å². The lowest BCUT2D eigenvalue weighted by Gasteiger charge is -2.27. The van der Waals surface area contributed by atoms with Crippen LogP contribution in [0.3, 0.4) is 0 Å². The lowest BCUT2D eigenvalue weighted by atomic mass is 10.1. The van der Waals surface area contributed by atoms with Crippen molar-refractivity contribution in [2.75, 3.05) is 19.6 Å². The van der Waals surface area contributed by atoms with E-state index in [1.165, 1.54) is 6.07 Å². The second-order valence-electron chi connectivity index (χ2n) is 5.00. The van der Waals surface area contributed by atoms with Crippen LogP contribution in [0.5, 0.6) is 5.75 Å². The summed E-state index contributed by atoms with van der Waals surface area (Å²) in [5, 5.41) is 0. The van der Waals surface area contributed by atoms with Gasteiger partial charge in [-0.1, -0.05) is 0 Å². The van der Waals surface area contributed by atoms with Crippen molar-refractivity contribution < 1.29 is 13.5 Å². The molecule has 1 unspecified atom stereocenters. The zero-order chi connectivity index (χ0) is 13.7. The summed E-state index contributed by atoms with van der Waals surface area (Å²) < 4.78 is 31.4. The fourth-order valence-corrected chi connectivity index (χ4v) is 2.23. The monoisotopic (exact) mass is 268 g/mol. The molecule has 1 radical (unpaired) electrons. The topological polar surface area (TPSA) is 12.5 Å². The lowest BCUT2D eigenvalue weighted by molar-refractivity contribution is 0.170. The van der Waals surface area contributed by atoms with E-state index in [9.17, 15) is 8.78 Å². The third kappa shape index (κ3) is 4.46. The van der Waals surface area contributed by atoms with Gasteiger partial charge in [0.05, 0.1) is 6.10 Å². The number of halogens is 2. The van der Waals surface area contributed by atoms with Gasteiger partial charge in [0.25, 0.3) is 0 Å². The summed E-state index contributed by atoms with van der Waals surface area (Å²) in [7, 11) is 0. The summed E-state index contributed by atoms with van der Waals surface area (Å²) in [5.74, 6) is -1.32. The molecule has 0 aromatic heterocycles. The predicted molar refractivity (Wildman–Crippen MR) is 71.0 cm³/mol. The van der Waals surface area contributed by atoms with E-state index in [4.69, 9.17) is 4.74 Å². The summed E-state index contributed by atoms with van der Waals surface area (Å²) in [6.45, 7) is 5.16. The number of ether oxygens (including phenoxy) is 1. The van der Waals surface area contributed by atoms with Gasteiger partial charge in [-0.25, -0.2) is 8.78 Å². The van der Waals surface area contributed by atoms with Gasteiger partial charge >= 0.3 is 0 Å². The summed E-state index contributed by atoms with van der Waals surface area (Å²) in [6.07, 6.45) is 5.50. The van der Waals surface area contributed by atoms with Gasteiger partial charge < -0.3 is 9.64 Å². The van der Waals surface area contributed by atoms with E-state index in [0.717, 1.165) is 51.0 Å². The van der Waals surface area contributed by atoms with Gasteiger partial charge in [0.1, 0.15) is 5.75 Å². The first-order valence-electron chi connectivity index (χ1n) is 6.81. The molecule has 1 heterocycles. The number of piperidine rings is 1. The molecule has 2 rings (SSSR count). The van der Waals surface area contributed by atoms with E-state index < -0.39 is 11.6 Å². The van der Waals surface area contributed by atoms with E-state index in [2.05, 4.69) is 11.3 Å². The maximum atomic E-state index is 13.0. The summed E-state index contributed by atoms with van der Waals surface area (Å²) in [4.78, 5) is 2.41. The van der Waals surface area contributed by atoms with Crippen molar-refractivity contribution in [1.29, 1.82) is 0 Å². The largest absolute Gasteiger partial charge is 0.491 e.